The van der Waals surface area contributed by atoms with Crippen molar-refractivity contribution in [1.82, 2.24) is 0 Å². The Hall–Kier alpha value is -0.580. The topological polar surface area (TPSA) is 87.0 Å². The lowest BCUT2D eigenvalue weighted by atomic mass is 10.2. The first-order chi connectivity index (χ1) is 6.42. The molecule has 0 aliphatic rings. The highest BCUT2D eigenvalue weighted by Crippen LogP contribution is 2.40. The fraction of sp³-hybridized carbons (Fsp3) is 0.143. The lowest BCUT2D eigenvalue weighted by Crippen LogP contribution is -1.92. The van der Waals surface area contributed by atoms with Gasteiger partial charge in [-0.25, -0.2) is 4.57 Å². The Morgan fingerprint density at radius 2 is 2.07 bits per heavy atom. The standard InChI is InChI=1S/C7H8ClO5P/c8-6-3-5(4-9)1-2-7(6)13-14(10,11)12/h1-3,9H,4H2,(H2,10,11,12). The van der Waals surface area contributed by atoms with Crippen LogP contribution in [0.25, 0.3) is 0 Å². The molecule has 0 atom stereocenters. The zero-order valence-corrected chi connectivity index (χ0v) is 8.57. The van der Waals surface area contributed by atoms with Gasteiger partial charge in [-0.2, -0.15) is 0 Å². The molecule has 0 bridgehead atoms. The second kappa shape index (κ2) is 4.29. The molecule has 0 aromatic heterocycles. The van der Waals surface area contributed by atoms with Gasteiger partial charge in [-0.05, 0) is 17.7 Å². The first-order valence-corrected chi connectivity index (χ1v) is 5.47. The van der Waals surface area contributed by atoms with E-state index in [0.29, 0.717) is 5.56 Å². The second-order valence-corrected chi connectivity index (χ2v) is 4.08. The van der Waals surface area contributed by atoms with Crippen molar-refractivity contribution in [3.05, 3.63) is 28.8 Å². The molecule has 0 spiro atoms. The van der Waals surface area contributed by atoms with E-state index < -0.39 is 7.82 Å². The van der Waals surface area contributed by atoms with Crippen molar-refractivity contribution < 1.29 is 24.0 Å². The molecule has 1 rings (SSSR count). The number of hydrogen-bond donors (Lipinski definition) is 3. The smallest absolute Gasteiger partial charge is 0.403 e. The van der Waals surface area contributed by atoms with Crippen LogP contribution in [-0.2, 0) is 11.2 Å². The van der Waals surface area contributed by atoms with Crippen LogP contribution in [0.5, 0.6) is 5.75 Å². The van der Waals surface area contributed by atoms with Crippen LogP contribution in [-0.4, -0.2) is 14.9 Å². The van der Waals surface area contributed by atoms with Gasteiger partial charge in [0.25, 0.3) is 0 Å². The van der Waals surface area contributed by atoms with Gasteiger partial charge in [-0.15, -0.1) is 0 Å². The summed E-state index contributed by atoms with van der Waals surface area (Å²) in [6, 6.07) is 4.11. The third kappa shape index (κ3) is 3.29. The Bertz CT molecular complexity index is 374. The lowest BCUT2D eigenvalue weighted by molar-refractivity contribution is 0.280. The molecule has 5 nitrogen and oxygen atoms in total. The Morgan fingerprint density at radius 3 is 2.50 bits per heavy atom. The van der Waals surface area contributed by atoms with Gasteiger partial charge in [0, 0.05) is 0 Å². The number of benzene rings is 1. The van der Waals surface area contributed by atoms with Gasteiger partial charge in [0.1, 0.15) is 5.75 Å². The minimum Gasteiger partial charge on any atom is -0.403 e. The van der Waals surface area contributed by atoms with Gasteiger partial charge in [-0.1, -0.05) is 17.7 Å². The molecule has 0 heterocycles. The minimum absolute atomic E-state index is 0.0416. The Balaban J connectivity index is 2.95. The summed E-state index contributed by atoms with van der Waals surface area (Å²) in [6.45, 7) is -0.199. The van der Waals surface area contributed by atoms with Crippen LogP contribution in [0.2, 0.25) is 5.02 Å². The van der Waals surface area contributed by atoms with E-state index in [9.17, 15) is 4.57 Å². The van der Waals surface area contributed by atoms with E-state index in [4.69, 9.17) is 26.5 Å². The van der Waals surface area contributed by atoms with Gasteiger partial charge in [-0.3, -0.25) is 9.79 Å². The van der Waals surface area contributed by atoms with E-state index in [2.05, 4.69) is 4.52 Å². The van der Waals surface area contributed by atoms with Gasteiger partial charge < -0.3 is 9.63 Å². The number of aliphatic hydroxyl groups excluding tert-OH is 1. The van der Waals surface area contributed by atoms with E-state index in [-0.39, 0.29) is 17.4 Å². The van der Waals surface area contributed by atoms with Crippen molar-refractivity contribution in [3.8, 4) is 5.75 Å². The molecule has 0 aliphatic carbocycles. The number of hydrogen-bond acceptors (Lipinski definition) is 3. The zero-order chi connectivity index (χ0) is 10.8. The van der Waals surface area contributed by atoms with Crippen molar-refractivity contribution >= 4 is 19.4 Å². The van der Waals surface area contributed by atoms with Crippen LogP contribution >= 0.6 is 19.4 Å². The normalized spacial score (nSPS) is 11.4. The predicted octanol–water partition coefficient (Wildman–Crippen LogP) is 1.30. The summed E-state index contributed by atoms with van der Waals surface area (Å²) in [5.74, 6) is -0.114. The highest BCUT2D eigenvalue weighted by Gasteiger charge is 2.17. The number of halogens is 1. The first kappa shape index (κ1) is 11.5. The minimum atomic E-state index is -4.59. The molecule has 0 fully saturated rings. The monoisotopic (exact) mass is 238 g/mol. The SMILES string of the molecule is O=P(O)(O)Oc1ccc(CO)cc1Cl. The maximum Gasteiger partial charge on any atom is 0.524 e. The van der Waals surface area contributed by atoms with Gasteiger partial charge in [0.2, 0.25) is 0 Å². The number of phosphoric acid groups is 1. The average molecular weight is 239 g/mol. The highest BCUT2D eigenvalue weighted by atomic mass is 35.5. The number of rotatable bonds is 3. The third-order valence-electron chi connectivity index (χ3n) is 1.40. The molecule has 0 saturated carbocycles. The van der Waals surface area contributed by atoms with Crippen molar-refractivity contribution in [3.63, 3.8) is 0 Å². The van der Waals surface area contributed by atoms with E-state index in [1.807, 2.05) is 0 Å². The molecular weight excluding hydrogens is 230 g/mol. The van der Waals surface area contributed by atoms with Gasteiger partial charge in [0.05, 0.1) is 11.6 Å². The van der Waals surface area contributed by atoms with Crippen molar-refractivity contribution in [2.75, 3.05) is 0 Å². The van der Waals surface area contributed by atoms with E-state index in [1.165, 1.54) is 18.2 Å². The summed E-state index contributed by atoms with van der Waals surface area (Å²) in [6.07, 6.45) is 0. The van der Waals surface area contributed by atoms with Crippen LogP contribution in [0.15, 0.2) is 18.2 Å². The third-order valence-corrected chi connectivity index (χ3v) is 2.13. The van der Waals surface area contributed by atoms with E-state index in [0.717, 1.165) is 0 Å². The molecule has 1 aromatic rings. The molecule has 7 heteroatoms. The quantitative estimate of drug-likeness (QED) is 0.691. The van der Waals surface area contributed by atoms with Crippen LogP contribution in [0, 0.1) is 0 Å². The molecule has 78 valence electrons. The summed E-state index contributed by atoms with van der Waals surface area (Å²) in [5.41, 5.74) is 0.535. The number of phosphoric ester groups is 1. The molecule has 14 heavy (non-hydrogen) atoms. The van der Waals surface area contributed by atoms with Crippen LogP contribution < -0.4 is 4.52 Å². The summed E-state index contributed by atoms with van der Waals surface area (Å²) in [7, 11) is -4.59. The van der Waals surface area contributed by atoms with Crippen LogP contribution in [0.4, 0.5) is 0 Å². The number of aliphatic hydroxyl groups is 1. The summed E-state index contributed by atoms with van der Waals surface area (Å²) in [5, 5.41) is 8.77. The molecule has 1 aromatic carbocycles. The van der Waals surface area contributed by atoms with Crippen LogP contribution in [0.1, 0.15) is 5.56 Å². The van der Waals surface area contributed by atoms with Gasteiger partial charge in [0.15, 0.2) is 0 Å². The van der Waals surface area contributed by atoms with Gasteiger partial charge >= 0.3 is 7.82 Å². The maximum absolute atomic E-state index is 10.5. The maximum atomic E-state index is 10.5. The largest absolute Gasteiger partial charge is 0.524 e. The Labute approximate surface area is 85.1 Å². The summed E-state index contributed by atoms with van der Waals surface area (Å²) < 4.78 is 14.8. The predicted molar refractivity (Wildman–Crippen MR) is 50.0 cm³/mol. The Kier molecular flexibility index (Phi) is 3.53. The highest BCUT2D eigenvalue weighted by molar-refractivity contribution is 7.46. The molecule has 3 N–H and O–H groups in total. The zero-order valence-electron chi connectivity index (χ0n) is 6.92. The molecule has 0 amide bonds. The molecule has 0 aliphatic heterocycles. The second-order valence-electron chi connectivity index (χ2n) is 2.50. The summed E-state index contributed by atoms with van der Waals surface area (Å²) >= 11 is 5.63. The molecule has 0 radical (unpaired) electrons. The molecular formula is C7H8ClO5P. The fourth-order valence-corrected chi connectivity index (χ4v) is 1.56. The van der Waals surface area contributed by atoms with Crippen molar-refractivity contribution in [2.24, 2.45) is 0 Å². The van der Waals surface area contributed by atoms with E-state index >= 15 is 0 Å². The van der Waals surface area contributed by atoms with Crippen molar-refractivity contribution in [1.29, 1.82) is 0 Å². The van der Waals surface area contributed by atoms with Crippen molar-refractivity contribution in [2.45, 2.75) is 6.61 Å². The molecule has 0 saturated heterocycles. The summed E-state index contributed by atoms with van der Waals surface area (Å²) in [4.78, 5) is 17.0. The first-order valence-electron chi connectivity index (χ1n) is 3.57. The van der Waals surface area contributed by atoms with E-state index in [1.54, 1.807) is 0 Å². The fourth-order valence-electron chi connectivity index (χ4n) is 0.845. The van der Waals surface area contributed by atoms with Crippen LogP contribution in [0.3, 0.4) is 0 Å². The Morgan fingerprint density at radius 1 is 1.43 bits per heavy atom. The lowest BCUT2D eigenvalue weighted by Gasteiger charge is -2.08. The molecule has 0 unspecified atom stereocenters. The average Bonchev–Trinajstić information content (AvgIpc) is 2.06.